The summed E-state index contributed by atoms with van der Waals surface area (Å²) in [6, 6.07) is 8.95. The number of aryl methyl sites for hydroxylation is 1. The van der Waals surface area contributed by atoms with Crippen LogP contribution < -0.4 is 15.0 Å². The van der Waals surface area contributed by atoms with Crippen molar-refractivity contribution in [2.24, 2.45) is 0 Å². The second kappa shape index (κ2) is 7.78. The van der Waals surface area contributed by atoms with Crippen LogP contribution in [0.4, 0.5) is 11.5 Å². The molecule has 0 spiro atoms. The predicted molar refractivity (Wildman–Crippen MR) is 103 cm³/mol. The number of aromatic nitrogens is 1. The quantitative estimate of drug-likeness (QED) is 0.665. The van der Waals surface area contributed by atoms with Gasteiger partial charge in [-0.3, -0.25) is 4.79 Å². The molecule has 0 atom stereocenters. The fraction of sp³-hybridized carbons (Fsp3) is 0.381. The molecule has 1 saturated heterocycles. The van der Waals surface area contributed by atoms with E-state index in [-0.39, 0.29) is 5.91 Å². The number of nitrogens with zero attached hydrogens (tertiary/aromatic N) is 2. The van der Waals surface area contributed by atoms with Gasteiger partial charge in [0, 0.05) is 31.4 Å². The Morgan fingerprint density at radius 1 is 1.04 bits per heavy atom. The maximum atomic E-state index is 12.4. The van der Waals surface area contributed by atoms with Crippen LogP contribution in [0.2, 0.25) is 0 Å². The van der Waals surface area contributed by atoms with Crippen molar-refractivity contribution in [3.63, 3.8) is 0 Å². The number of hydrogen-bond donors (Lipinski definition) is 1. The number of amides is 1. The third-order valence-electron chi connectivity index (χ3n) is 5.10. The number of fused-ring (bicyclic) bond motifs is 1. The van der Waals surface area contributed by atoms with Crippen molar-refractivity contribution in [2.75, 3.05) is 23.3 Å². The number of esters is 1. The summed E-state index contributed by atoms with van der Waals surface area (Å²) in [7, 11) is 0. The molecule has 0 radical (unpaired) electrons. The largest absolute Gasteiger partial charge is 0.423 e. The highest BCUT2D eigenvalue weighted by Gasteiger charge is 2.17. The Bertz CT molecular complexity index is 840. The lowest BCUT2D eigenvalue weighted by molar-refractivity contribution is -0.116. The first-order valence-corrected chi connectivity index (χ1v) is 9.55. The number of pyridine rings is 1. The van der Waals surface area contributed by atoms with Gasteiger partial charge in [0.15, 0.2) is 0 Å². The molecule has 27 heavy (non-hydrogen) atoms. The van der Waals surface area contributed by atoms with E-state index in [1.807, 2.05) is 12.1 Å². The number of carbonyl (C=O) groups is 2. The number of nitrogens with one attached hydrogen (secondary N) is 1. The first kappa shape index (κ1) is 17.5. The lowest BCUT2D eigenvalue weighted by Crippen LogP contribution is -2.25. The molecule has 1 fully saturated rings. The van der Waals surface area contributed by atoms with E-state index in [4.69, 9.17) is 4.74 Å². The third-order valence-corrected chi connectivity index (χ3v) is 5.10. The van der Waals surface area contributed by atoms with Gasteiger partial charge in [0.05, 0.1) is 5.56 Å². The van der Waals surface area contributed by atoms with Crippen LogP contribution in [0.15, 0.2) is 36.5 Å². The van der Waals surface area contributed by atoms with Gasteiger partial charge < -0.3 is 15.0 Å². The van der Waals surface area contributed by atoms with Crippen LogP contribution in [0, 0.1) is 0 Å². The molecule has 2 aromatic rings. The van der Waals surface area contributed by atoms with E-state index in [9.17, 15) is 9.59 Å². The Kier molecular flexibility index (Phi) is 5.05. The zero-order chi connectivity index (χ0) is 18.6. The van der Waals surface area contributed by atoms with Crippen LogP contribution in [0.5, 0.6) is 5.75 Å². The van der Waals surface area contributed by atoms with E-state index in [0.29, 0.717) is 24.2 Å². The van der Waals surface area contributed by atoms with Gasteiger partial charge in [0.1, 0.15) is 11.6 Å². The van der Waals surface area contributed by atoms with Crippen LogP contribution >= 0.6 is 0 Å². The lowest BCUT2D eigenvalue weighted by Gasteiger charge is -2.21. The molecule has 1 N–H and O–H groups in total. The standard InChI is InChI=1S/C21H23N3O3/c25-20-10-6-15-13-17(7-8-18(15)23-20)27-21(26)16-5-9-19(22-14-16)24-11-3-1-2-4-12-24/h5,7-9,13-14H,1-4,6,10-12H2,(H,23,25). The second-order valence-electron chi connectivity index (χ2n) is 7.06. The van der Waals surface area contributed by atoms with Gasteiger partial charge in [-0.15, -0.1) is 0 Å². The molecule has 2 aliphatic heterocycles. The first-order valence-electron chi connectivity index (χ1n) is 9.55. The Morgan fingerprint density at radius 2 is 1.85 bits per heavy atom. The average Bonchev–Trinajstić information content (AvgIpc) is 2.98. The molecule has 1 aromatic carbocycles. The zero-order valence-corrected chi connectivity index (χ0v) is 15.2. The number of benzene rings is 1. The van der Waals surface area contributed by atoms with Crippen molar-refractivity contribution in [1.29, 1.82) is 0 Å². The summed E-state index contributed by atoms with van der Waals surface area (Å²) in [5.74, 6) is 0.983. The fourth-order valence-corrected chi connectivity index (χ4v) is 3.58. The van der Waals surface area contributed by atoms with Crippen LogP contribution in [0.1, 0.15) is 48.0 Å². The number of hydrogen-bond acceptors (Lipinski definition) is 5. The summed E-state index contributed by atoms with van der Waals surface area (Å²) in [5, 5.41) is 2.82. The van der Waals surface area contributed by atoms with E-state index in [0.717, 1.165) is 30.2 Å². The molecule has 0 aliphatic carbocycles. The Morgan fingerprint density at radius 3 is 2.59 bits per heavy atom. The van der Waals surface area contributed by atoms with Crippen LogP contribution in [-0.4, -0.2) is 29.9 Å². The van der Waals surface area contributed by atoms with Crippen LogP contribution in [0.25, 0.3) is 0 Å². The summed E-state index contributed by atoms with van der Waals surface area (Å²) >= 11 is 0. The second-order valence-corrected chi connectivity index (χ2v) is 7.06. The summed E-state index contributed by atoms with van der Waals surface area (Å²) in [4.78, 5) is 30.6. The summed E-state index contributed by atoms with van der Waals surface area (Å²) in [6.07, 6.45) is 7.59. The van der Waals surface area contributed by atoms with E-state index in [1.54, 1.807) is 24.4 Å². The lowest BCUT2D eigenvalue weighted by atomic mass is 10.0. The van der Waals surface area contributed by atoms with Crippen molar-refractivity contribution in [3.8, 4) is 5.75 Å². The van der Waals surface area contributed by atoms with Gasteiger partial charge in [-0.1, -0.05) is 12.8 Å². The summed E-state index contributed by atoms with van der Waals surface area (Å²) < 4.78 is 5.49. The molecule has 1 aromatic heterocycles. The molecule has 0 unspecified atom stereocenters. The average molecular weight is 365 g/mol. The highest BCUT2D eigenvalue weighted by molar-refractivity contribution is 5.94. The highest BCUT2D eigenvalue weighted by Crippen LogP contribution is 2.27. The Balaban J connectivity index is 1.43. The SMILES string of the molecule is O=C1CCc2cc(OC(=O)c3ccc(N4CCCCCC4)nc3)ccc2N1. The maximum Gasteiger partial charge on any atom is 0.345 e. The third kappa shape index (κ3) is 4.10. The van der Waals surface area contributed by atoms with E-state index in [1.165, 1.54) is 25.7 Å². The molecule has 6 heteroatoms. The molecule has 1 amide bonds. The van der Waals surface area contributed by atoms with Crippen molar-refractivity contribution >= 4 is 23.4 Å². The normalized spacial score (nSPS) is 16.9. The molecule has 3 heterocycles. The van der Waals surface area contributed by atoms with Gasteiger partial charge in [0.2, 0.25) is 5.91 Å². The van der Waals surface area contributed by atoms with Crippen molar-refractivity contribution in [3.05, 3.63) is 47.7 Å². The first-order chi connectivity index (χ1) is 13.2. The van der Waals surface area contributed by atoms with E-state index >= 15 is 0 Å². The van der Waals surface area contributed by atoms with Crippen LogP contribution in [-0.2, 0) is 11.2 Å². The van der Waals surface area contributed by atoms with Gasteiger partial charge in [-0.2, -0.15) is 0 Å². The Labute approximate surface area is 158 Å². The molecule has 140 valence electrons. The van der Waals surface area contributed by atoms with Crippen molar-refractivity contribution in [1.82, 2.24) is 4.98 Å². The predicted octanol–water partition coefficient (Wildman–Crippen LogP) is 3.57. The molecular weight excluding hydrogens is 342 g/mol. The van der Waals surface area contributed by atoms with Gasteiger partial charge >= 0.3 is 5.97 Å². The summed E-state index contributed by atoms with van der Waals surface area (Å²) in [5.41, 5.74) is 2.20. The number of carbonyl (C=O) groups excluding carboxylic acids is 2. The number of rotatable bonds is 3. The molecule has 0 saturated carbocycles. The Hall–Kier alpha value is -2.89. The van der Waals surface area contributed by atoms with Crippen molar-refractivity contribution < 1.29 is 14.3 Å². The molecule has 2 aliphatic rings. The van der Waals surface area contributed by atoms with E-state index in [2.05, 4.69) is 15.2 Å². The minimum atomic E-state index is -0.426. The fourth-order valence-electron chi connectivity index (χ4n) is 3.58. The van der Waals surface area contributed by atoms with Crippen molar-refractivity contribution in [2.45, 2.75) is 38.5 Å². The molecular formula is C21H23N3O3. The smallest absolute Gasteiger partial charge is 0.345 e. The van der Waals surface area contributed by atoms with E-state index < -0.39 is 5.97 Å². The highest BCUT2D eigenvalue weighted by atomic mass is 16.5. The number of anilines is 2. The summed E-state index contributed by atoms with van der Waals surface area (Å²) in [6.45, 7) is 2.03. The van der Waals surface area contributed by atoms with Crippen LogP contribution in [0.3, 0.4) is 0 Å². The maximum absolute atomic E-state index is 12.4. The molecule has 4 rings (SSSR count). The molecule has 6 nitrogen and oxygen atoms in total. The monoisotopic (exact) mass is 365 g/mol. The van der Waals surface area contributed by atoms with Gasteiger partial charge in [-0.25, -0.2) is 9.78 Å². The molecule has 0 bridgehead atoms. The van der Waals surface area contributed by atoms with Gasteiger partial charge in [0.25, 0.3) is 0 Å². The topological polar surface area (TPSA) is 71.5 Å². The van der Waals surface area contributed by atoms with Gasteiger partial charge in [-0.05, 0) is 55.2 Å². The zero-order valence-electron chi connectivity index (χ0n) is 15.2. The number of ether oxygens (including phenoxy) is 1. The minimum absolute atomic E-state index is 0.0165. The minimum Gasteiger partial charge on any atom is -0.423 e.